The summed E-state index contributed by atoms with van der Waals surface area (Å²) in [6.07, 6.45) is 2.84. The number of fused-ring (bicyclic) bond motifs is 1. The maximum Gasteiger partial charge on any atom is 0.283 e. The van der Waals surface area contributed by atoms with E-state index in [1.54, 1.807) is 27.8 Å². The van der Waals surface area contributed by atoms with Gasteiger partial charge in [-0.05, 0) is 50.1 Å². The van der Waals surface area contributed by atoms with E-state index in [2.05, 4.69) is 19.9 Å². The SMILES string of the molecule is CCS(=O)(=O)Nc1cnc(Oc2c(C)cc(F)cc2C)c(-c2cn(C)c(=O)c3cc(-c4nnc(C)o4)oc23)c1. The number of anilines is 1. The van der Waals surface area contributed by atoms with Gasteiger partial charge in [0.2, 0.25) is 21.8 Å². The summed E-state index contributed by atoms with van der Waals surface area (Å²) in [6, 6.07) is 5.70. The molecule has 4 heterocycles. The van der Waals surface area contributed by atoms with Crippen LogP contribution in [0.3, 0.4) is 0 Å². The minimum Gasteiger partial charge on any atom is -0.450 e. The summed E-state index contributed by atoms with van der Waals surface area (Å²) >= 11 is 0. The Bertz CT molecular complexity index is 1880. The smallest absolute Gasteiger partial charge is 0.283 e. The van der Waals surface area contributed by atoms with Crippen molar-refractivity contribution in [2.45, 2.75) is 27.7 Å². The number of pyridine rings is 2. The van der Waals surface area contributed by atoms with Gasteiger partial charge in [0, 0.05) is 31.8 Å². The molecular formula is C26H24FN5O6S. The summed E-state index contributed by atoms with van der Waals surface area (Å²) in [6.45, 7) is 6.53. The van der Waals surface area contributed by atoms with Crippen molar-refractivity contribution in [2.24, 2.45) is 7.05 Å². The zero-order valence-corrected chi connectivity index (χ0v) is 22.5. The van der Waals surface area contributed by atoms with E-state index in [9.17, 15) is 17.6 Å². The number of halogens is 1. The number of sulfonamides is 1. The Morgan fingerprint density at radius 2 is 1.77 bits per heavy atom. The molecule has 0 aliphatic rings. The van der Waals surface area contributed by atoms with E-state index in [0.717, 1.165) is 0 Å². The van der Waals surface area contributed by atoms with Gasteiger partial charge in [0.1, 0.15) is 17.1 Å². The van der Waals surface area contributed by atoms with Crippen molar-refractivity contribution >= 4 is 26.7 Å². The second-order valence-electron chi connectivity index (χ2n) is 8.99. The van der Waals surface area contributed by atoms with Gasteiger partial charge >= 0.3 is 0 Å². The van der Waals surface area contributed by atoms with Crippen molar-refractivity contribution in [3.05, 3.63) is 69.8 Å². The molecule has 11 nitrogen and oxygen atoms in total. The number of nitrogens with one attached hydrogen (secondary N) is 1. The molecule has 0 fully saturated rings. The minimum absolute atomic E-state index is 0.0822. The monoisotopic (exact) mass is 553 g/mol. The van der Waals surface area contributed by atoms with Gasteiger partial charge < -0.3 is 18.1 Å². The van der Waals surface area contributed by atoms with E-state index >= 15 is 0 Å². The lowest BCUT2D eigenvalue weighted by Gasteiger charge is -2.16. The quantitative estimate of drug-likeness (QED) is 0.299. The molecule has 4 aromatic heterocycles. The molecule has 0 unspecified atom stereocenters. The molecule has 1 aromatic carbocycles. The van der Waals surface area contributed by atoms with Crippen LogP contribution in [0.5, 0.6) is 11.6 Å². The summed E-state index contributed by atoms with van der Waals surface area (Å²) < 4.78 is 60.1. The van der Waals surface area contributed by atoms with Crippen molar-refractivity contribution in [3.63, 3.8) is 0 Å². The van der Waals surface area contributed by atoms with Gasteiger partial charge in [-0.25, -0.2) is 17.8 Å². The molecule has 0 aliphatic carbocycles. The van der Waals surface area contributed by atoms with Gasteiger partial charge in [-0.3, -0.25) is 9.52 Å². The van der Waals surface area contributed by atoms with Gasteiger partial charge in [-0.2, -0.15) is 0 Å². The third-order valence-electron chi connectivity index (χ3n) is 6.01. The van der Waals surface area contributed by atoms with Crippen molar-refractivity contribution in [1.82, 2.24) is 19.7 Å². The Morgan fingerprint density at radius 1 is 1.05 bits per heavy atom. The lowest BCUT2D eigenvalue weighted by molar-refractivity contribution is 0.455. The zero-order valence-electron chi connectivity index (χ0n) is 21.7. The first kappa shape index (κ1) is 26.1. The third kappa shape index (κ3) is 5.00. The summed E-state index contributed by atoms with van der Waals surface area (Å²) in [5.41, 5.74) is 1.78. The van der Waals surface area contributed by atoms with Crippen molar-refractivity contribution in [1.29, 1.82) is 0 Å². The van der Waals surface area contributed by atoms with Gasteiger partial charge in [-0.15, -0.1) is 10.2 Å². The van der Waals surface area contributed by atoms with E-state index < -0.39 is 15.8 Å². The molecule has 0 bridgehead atoms. The van der Waals surface area contributed by atoms with E-state index in [1.165, 1.54) is 48.1 Å². The predicted molar refractivity (Wildman–Crippen MR) is 142 cm³/mol. The standard InChI is InChI=1S/C26H24FN5O6S/c1-6-39(34,35)31-17-9-18(24(28-11-17)38-22-13(2)7-16(27)8-14(22)3)20-12-32(5)26(33)19-10-21(37-23(19)20)25-30-29-15(4)36-25/h7-12,31H,6H2,1-5H3. The number of benzene rings is 1. The van der Waals surface area contributed by atoms with Crippen LogP contribution >= 0.6 is 0 Å². The fraction of sp³-hybridized carbons (Fsp3) is 0.231. The zero-order chi connectivity index (χ0) is 28.1. The summed E-state index contributed by atoms with van der Waals surface area (Å²) in [5, 5.41) is 8.00. The maximum absolute atomic E-state index is 13.9. The van der Waals surface area contributed by atoms with Crippen LogP contribution in [0.2, 0.25) is 0 Å². The van der Waals surface area contributed by atoms with E-state index in [1.807, 2.05) is 0 Å². The van der Waals surface area contributed by atoms with Crippen LogP contribution in [-0.2, 0) is 17.1 Å². The number of furan rings is 1. The van der Waals surface area contributed by atoms with Crippen LogP contribution < -0.4 is 15.0 Å². The van der Waals surface area contributed by atoms with Gasteiger partial charge in [0.05, 0.1) is 28.6 Å². The predicted octanol–water partition coefficient (Wildman–Crippen LogP) is 4.86. The highest BCUT2D eigenvalue weighted by Gasteiger charge is 2.23. The van der Waals surface area contributed by atoms with Crippen molar-refractivity contribution < 1.29 is 26.4 Å². The topological polar surface area (TPSA) is 142 Å². The van der Waals surface area contributed by atoms with E-state index in [-0.39, 0.29) is 45.5 Å². The Balaban J connectivity index is 1.76. The summed E-state index contributed by atoms with van der Waals surface area (Å²) in [5.74, 6) is 0.498. The Morgan fingerprint density at radius 3 is 2.41 bits per heavy atom. The van der Waals surface area contributed by atoms with Gasteiger partial charge in [0.25, 0.3) is 11.4 Å². The number of aromatic nitrogens is 4. The molecule has 0 amide bonds. The highest BCUT2D eigenvalue weighted by molar-refractivity contribution is 7.92. The number of rotatable bonds is 7. The molecule has 0 spiro atoms. The fourth-order valence-electron chi connectivity index (χ4n) is 4.13. The maximum atomic E-state index is 13.9. The molecule has 0 saturated heterocycles. The first-order valence-corrected chi connectivity index (χ1v) is 13.5. The fourth-order valence-corrected chi connectivity index (χ4v) is 4.75. The lowest BCUT2D eigenvalue weighted by atomic mass is 10.1. The van der Waals surface area contributed by atoms with Crippen molar-refractivity contribution in [2.75, 3.05) is 10.5 Å². The minimum atomic E-state index is -3.63. The second kappa shape index (κ2) is 9.66. The highest BCUT2D eigenvalue weighted by atomic mass is 32.2. The van der Waals surface area contributed by atoms with Gasteiger partial charge in [-0.1, -0.05) is 0 Å². The van der Waals surface area contributed by atoms with Crippen LogP contribution in [0.4, 0.5) is 10.1 Å². The Kier molecular flexibility index (Phi) is 6.46. The molecule has 5 rings (SSSR count). The van der Waals surface area contributed by atoms with Crippen LogP contribution in [0.1, 0.15) is 23.9 Å². The third-order valence-corrected chi connectivity index (χ3v) is 7.31. The number of hydrogen-bond acceptors (Lipinski definition) is 9. The molecule has 202 valence electrons. The molecule has 13 heteroatoms. The molecule has 0 radical (unpaired) electrons. The highest BCUT2D eigenvalue weighted by Crippen LogP contribution is 2.40. The summed E-state index contributed by atoms with van der Waals surface area (Å²) in [4.78, 5) is 17.4. The second-order valence-corrected chi connectivity index (χ2v) is 11.0. The van der Waals surface area contributed by atoms with Crippen molar-refractivity contribution in [3.8, 4) is 34.4 Å². The Hall–Kier alpha value is -4.52. The van der Waals surface area contributed by atoms with Gasteiger partial charge in [0.15, 0.2) is 5.76 Å². The molecule has 0 aliphatic heterocycles. The van der Waals surface area contributed by atoms with Crippen LogP contribution in [0, 0.1) is 26.6 Å². The lowest BCUT2D eigenvalue weighted by Crippen LogP contribution is -2.16. The van der Waals surface area contributed by atoms with Crippen LogP contribution in [-0.4, -0.2) is 33.9 Å². The molecule has 0 saturated carbocycles. The molecular weight excluding hydrogens is 529 g/mol. The normalized spacial score (nSPS) is 11.7. The average molecular weight is 554 g/mol. The largest absolute Gasteiger partial charge is 0.450 e. The van der Waals surface area contributed by atoms with E-state index in [4.69, 9.17) is 13.6 Å². The average Bonchev–Trinajstić information content (AvgIpc) is 3.51. The first-order valence-electron chi connectivity index (χ1n) is 11.8. The van der Waals surface area contributed by atoms with E-state index in [0.29, 0.717) is 33.9 Å². The number of hydrogen-bond donors (Lipinski definition) is 1. The molecule has 0 atom stereocenters. The first-order chi connectivity index (χ1) is 18.5. The summed E-state index contributed by atoms with van der Waals surface area (Å²) in [7, 11) is -2.06. The van der Waals surface area contributed by atoms with Crippen LogP contribution in [0.25, 0.3) is 33.7 Å². The Labute approximate surface area is 222 Å². The van der Waals surface area contributed by atoms with Crippen LogP contribution in [0.15, 0.2) is 50.3 Å². The molecule has 1 N–H and O–H groups in total. The number of ether oxygens (including phenoxy) is 1. The number of nitrogens with zero attached hydrogens (tertiary/aromatic N) is 4. The molecule has 39 heavy (non-hydrogen) atoms. The number of aryl methyl sites for hydroxylation is 4. The molecule has 5 aromatic rings.